The molecular weight excluding hydrogens is 262 g/mol. The van der Waals surface area contributed by atoms with E-state index in [9.17, 15) is 4.79 Å². The molecule has 0 aliphatic carbocycles. The second-order valence-corrected chi connectivity index (χ2v) is 5.79. The van der Waals surface area contributed by atoms with Crippen LogP contribution in [0.2, 0.25) is 0 Å². The van der Waals surface area contributed by atoms with E-state index < -0.39 is 0 Å². The van der Waals surface area contributed by atoms with Crippen LogP contribution in [0.5, 0.6) is 0 Å². The van der Waals surface area contributed by atoms with Crippen molar-refractivity contribution in [2.45, 2.75) is 13.0 Å². The first kappa shape index (κ1) is 15.5. The molecule has 0 aliphatic heterocycles. The molecule has 4 heteroatoms. The van der Waals surface area contributed by atoms with E-state index in [2.05, 4.69) is 36.9 Å². The summed E-state index contributed by atoms with van der Waals surface area (Å²) in [6, 6.07) is 14.0. The molecule has 0 radical (unpaired) electrons. The standard InChI is InChI=1S/C17H23N3O/c1-13(18-11-12-20(2)3)17(21)19-16-10-6-8-14-7-4-5-9-15(14)16/h4-10,13,18H,11-12H2,1-3H3,(H,19,21)/p+2/t13-/m1/s1. The van der Waals surface area contributed by atoms with Gasteiger partial charge in [0.15, 0.2) is 6.04 Å². The predicted octanol–water partition coefficient (Wildman–Crippen LogP) is -0.125. The normalized spacial score (nSPS) is 12.6. The average Bonchev–Trinajstić information content (AvgIpc) is 2.47. The van der Waals surface area contributed by atoms with Crippen LogP contribution in [-0.4, -0.2) is 39.1 Å². The molecule has 0 unspecified atom stereocenters. The highest BCUT2D eigenvalue weighted by Gasteiger charge is 2.17. The Hall–Kier alpha value is -1.91. The van der Waals surface area contributed by atoms with Crippen molar-refractivity contribution in [1.29, 1.82) is 0 Å². The van der Waals surface area contributed by atoms with Gasteiger partial charge >= 0.3 is 0 Å². The summed E-state index contributed by atoms with van der Waals surface area (Å²) >= 11 is 0. The highest BCUT2D eigenvalue weighted by Crippen LogP contribution is 2.22. The third kappa shape index (κ3) is 4.28. The van der Waals surface area contributed by atoms with E-state index in [4.69, 9.17) is 0 Å². The van der Waals surface area contributed by atoms with E-state index in [0.717, 1.165) is 29.5 Å². The van der Waals surface area contributed by atoms with Gasteiger partial charge in [-0.05, 0) is 18.4 Å². The van der Waals surface area contributed by atoms with Crippen molar-refractivity contribution in [3.8, 4) is 0 Å². The number of quaternary nitrogens is 2. The van der Waals surface area contributed by atoms with Gasteiger partial charge in [-0.25, -0.2) is 0 Å². The molecule has 0 saturated heterocycles. The molecule has 0 spiro atoms. The first-order valence-electron chi connectivity index (χ1n) is 7.49. The molecular formula is C17H25N3O+2. The van der Waals surface area contributed by atoms with Gasteiger partial charge in [-0.2, -0.15) is 0 Å². The smallest absolute Gasteiger partial charge is 0.282 e. The molecule has 2 rings (SSSR count). The van der Waals surface area contributed by atoms with Crippen LogP contribution in [0.25, 0.3) is 10.8 Å². The molecule has 21 heavy (non-hydrogen) atoms. The highest BCUT2D eigenvalue weighted by molar-refractivity contribution is 6.03. The number of hydrogen-bond donors (Lipinski definition) is 3. The number of carbonyl (C=O) groups is 1. The van der Waals surface area contributed by atoms with Crippen molar-refractivity contribution in [3.05, 3.63) is 42.5 Å². The maximum absolute atomic E-state index is 12.3. The molecule has 1 atom stereocenters. The second kappa shape index (κ2) is 7.20. The third-order valence-corrected chi connectivity index (χ3v) is 3.63. The van der Waals surface area contributed by atoms with E-state index in [0.29, 0.717) is 0 Å². The number of anilines is 1. The number of likely N-dealkylation sites (N-methyl/N-ethyl adjacent to an activating group) is 1. The number of amides is 1. The van der Waals surface area contributed by atoms with Gasteiger partial charge in [0, 0.05) is 11.1 Å². The molecule has 0 bridgehead atoms. The number of fused-ring (bicyclic) bond motifs is 1. The molecule has 4 N–H and O–H groups in total. The fraction of sp³-hybridized carbons (Fsp3) is 0.353. The summed E-state index contributed by atoms with van der Waals surface area (Å²) in [5.74, 6) is 0.0557. The topological polar surface area (TPSA) is 50.2 Å². The van der Waals surface area contributed by atoms with Crippen molar-refractivity contribution in [3.63, 3.8) is 0 Å². The molecule has 0 heterocycles. The van der Waals surface area contributed by atoms with E-state index in [-0.39, 0.29) is 11.9 Å². The summed E-state index contributed by atoms with van der Waals surface area (Å²) in [5, 5.41) is 7.36. The monoisotopic (exact) mass is 287 g/mol. The van der Waals surface area contributed by atoms with Crippen molar-refractivity contribution < 1.29 is 15.0 Å². The van der Waals surface area contributed by atoms with Crippen LogP contribution in [-0.2, 0) is 4.79 Å². The van der Waals surface area contributed by atoms with Gasteiger partial charge in [0.25, 0.3) is 5.91 Å². The minimum atomic E-state index is -0.0803. The molecule has 0 fully saturated rings. The average molecular weight is 287 g/mol. The van der Waals surface area contributed by atoms with E-state index >= 15 is 0 Å². The minimum Gasteiger partial charge on any atom is -0.335 e. The lowest BCUT2D eigenvalue weighted by Gasteiger charge is -2.13. The van der Waals surface area contributed by atoms with Crippen LogP contribution in [0, 0.1) is 0 Å². The van der Waals surface area contributed by atoms with Gasteiger partial charge in [0.2, 0.25) is 0 Å². The summed E-state index contributed by atoms with van der Waals surface area (Å²) in [6.45, 7) is 3.95. The van der Waals surface area contributed by atoms with Crippen molar-refractivity contribution >= 4 is 22.4 Å². The Balaban J connectivity index is 2.01. The first-order valence-corrected chi connectivity index (χ1v) is 7.49. The SMILES string of the molecule is C[C@@H]([NH2+]CC[NH+](C)C)C(=O)Nc1cccc2ccccc12. The Morgan fingerprint density at radius 3 is 2.67 bits per heavy atom. The van der Waals surface area contributed by atoms with Gasteiger partial charge in [0.05, 0.1) is 14.1 Å². The lowest BCUT2D eigenvalue weighted by molar-refractivity contribution is -0.875. The largest absolute Gasteiger partial charge is 0.335 e. The van der Waals surface area contributed by atoms with Crippen LogP contribution in [0.1, 0.15) is 6.92 Å². The Morgan fingerprint density at radius 2 is 1.90 bits per heavy atom. The Labute approximate surface area is 126 Å². The van der Waals surface area contributed by atoms with Crippen LogP contribution in [0.3, 0.4) is 0 Å². The van der Waals surface area contributed by atoms with Gasteiger partial charge in [-0.3, -0.25) is 4.79 Å². The summed E-state index contributed by atoms with van der Waals surface area (Å²) in [6.07, 6.45) is 0. The zero-order valence-corrected chi connectivity index (χ0v) is 13.0. The zero-order valence-electron chi connectivity index (χ0n) is 13.0. The zero-order chi connectivity index (χ0) is 15.2. The van der Waals surface area contributed by atoms with E-state index in [1.807, 2.05) is 37.3 Å². The van der Waals surface area contributed by atoms with Gasteiger partial charge in [0.1, 0.15) is 13.1 Å². The molecule has 4 nitrogen and oxygen atoms in total. The molecule has 2 aromatic carbocycles. The Kier molecular flexibility index (Phi) is 5.31. The highest BCUT2D eigenvalue weighted by atomic mass is 16.2. The maximum atomic E-state index is 12.3. The minimum absolute atomic E-state index is 0.0557. The van der Waals surface area contributed by atoms with Crippen LogP contribution in [0.15, 0.2) is 42.5 Å². The van der Waals surface area contributed by atoms with Crippen molar-refractivity contribution in [2.75, 3.05) is 32.5 Å². The summed E-state index contributed by atoms with van der Waals surface area (Å²) < 4.78 is 0. The molecule has 0 aliphatic rings. The Bertz CT molecular complexity index is 605. The molecule has 1 amide bonds. The fourth-order valence-electron chi connectivity index (χ4n) is 2.31. The van der Waals surface area contributed by atoms with E-state index in [1.165, 1.54) is 4.90 Å². The predicted molar refractivity (Wildman–Crippen MR) is 86.5 cm³/mol. The van der Waals surface area contributed by atoms with Crippen LogP contribution >= 0.6 is 0 Å². The van der Waals surface area contributed by atoms with Gasteiger partial charge in [-0.15, -0.1) is 0 Å². The van der Waals surface area contributed by atoms with E-state index in [1.54, 1.807) is 0 Å². The molecule has 2 aromatic rings. The lowest BCUT2D eigenvalue weighted by atomic mass is 10.1. The fourth-order valence-corrected chi connectivity index (χ4v) is 2.31. The number of rotatable bonds is 6. The number of carbonyl (C=O) groups excluding carboxylic acids is 1. The quantitative estimate of drug-likeness (QED) is 0.681. The number of hydrogen-bond acceptors (Lipinski definition) is 1. The first-order chi connectivity index (χ1) is 10.1. The number of benzene rings is 2. The van der Waals surface area contributed by atoms with Crippen molar-refractivity contribution in [1.82, 2.24) is 0 Å². The third-order valence-electron chi connectivity index (χ3n) is 3.63. The van der Waals surface area contributed by atoms with Crippen LogP contribution < -0.4 is 15.5 Å². The Morgan fingerprint density at radius 1 is 1.19 bits per heavy atom. The molecule has 0 saturated carbocycles. The van der Waals surface area contributed by atoms with Gasteiger partial charge in [-0.1, -0.05) is 36.4 Å². The molecule has 112 valence electrons. The van der Waals surface area contributed by atoms with Crippen molar-refractivity contribution in [2.24, 2.45) is 0 Å². The van der Waals surface area contributed by atoms with Gasteiger partial charge < -0.3 is 15.5 Å². The summed E-state index contributed by atoms with van der Waals surface area (Å²) in [4.78, 5) is 13.7. The lowest BCUT2D eigenvalue weighted by Crippen LogP contribution is -3.10. The summed E-state index contributed by atoms with van der Waals surface area (Å²) in [7, 11) is 4.24. The maximum Gasteiger partial charge on any atom is 0.282 e. The number of nitrogens with one attached hydrogen (secondary N) is 2. The summed E-state index contributed by atoms with van der Waals surface area (Å²) in [5.41, 5.74) is 0.886. The second-order valence-electron chi connectivity index (χ2n) is 5.79. The van der Waals surface area contributed by atoms with Crippen LogP contribution in [0.4, 0.5) is 5.69 Å². The number of nitrogens with two attached hydrogens (primary N) is 1. The molecule has 0 aromatic heterocycles.